The minimum absolute atomic E-state index is 0.0183. The molecule has 0 bridgehead atoms. The first kappa shape index (κ1) is 79.9. The first-order valence-corrected chi connectivity index (χ1v) is 35.9. The van der Waals surface area contributed by atoms with Crippen LogP contribution in [0.2, 0.25) is 0 Å². The molecule has 0 aliphatic heterocycles. The van der Waals surface area contributed by atoms with Gasteiger partial charge in [0.15, 0.2) is 0 Å². The number of nitrogens with zero attached hydrogens (tertiary/aromatic N) is 1. The number of phosphoric ester groups is 1. The van der Waals surface area contributed by atoms with Gasteiger partial charge in [-0.3, -0.25) is 9.36 Å². The molecule has 0 saturated carbocycles. The average Bonchev–Trinajstić information content (AvgIpc) is 3.50. The Morgan fingerprint density at radius 1 is 0.434 bits per heavy atom. The van der Waals surface area contributed by atoms with Crippen molar-refractivity contribution >= 4 is 13.7 Å². The summed E-state index contributed by atoms with van der Waals surface area (Å²) in [6.45, 7) is 4.51. The zero-order chi connectivity index (χ0) is 60.5. The van der Waals surface area contributed by atoms with Crippen LogP contribution in [0.1, 0.15) is 290 Å². The third-order valence-electron chi connectivity index (χ3n) is 14.9. The second-order valence-corrected chi connectivity index (χ2v) is 25.6. The molecule has 3 atom stereocenters. The van der Waals surface area contributed by atoms with E-state index < -0.39 is 26.6 Å². The van der Waals surface area contributed by atoms with Crippen molar-refractivity contribution in [1.82, 2.24) is 5.32 Å². The van der Waals surface area contributed by atoms with Crippen molar-refractivity contribution in [1.29, 1.82) is 0 Å². The van der Waals surface area contributed by atoms with Crippen LogP contribution in [0.3, 0.4) is 0 Å². The predicted octanol–water partition coefficient (Wildman–Crippen LogP) is 21.4. The molecule has 3 unspecified atom stereocenters. The minimum atomic E-state index is -4.63. The van der Waals surface area contributed by atoms with Crippen LogP contribution in [0.4, 0.5) is 0 Å². The fourth-order valence-electron chi connectivity index (χ4n) is 9.60. The maximum atomic E-state index is 13.0. The van der Waals surface area contributed by atoms with Crippen molar-refractivity contribution in [2.75, 3.05) is 40.9 Å². The number of hydrogen-bond donors (Lipinski definition) is 2. The third-order valence-corrected chi connectivity index (χ3v) is 15.9. The molecule has 0 fully saturated rings. The van der Waals surface area contributed by atoms with Gasteiger partial charge in [-0.2, -0.15) is 0 Å². The Morgan fingerprint density at radius 2 is 0.747 bits per heavy atom. The number of quaternary nitrogens is 1. The van der Waals surface area contributed by atoms with Crippen molar-refractivity contribution in [2.24, 2.45) is 0 Å². The van der Waals surface area contributed by atoms with Gasteiger partial charge in [-0.15, -0.1) is 0 Å². The van der Waals surface area contributed by atoms with Gasteiger partial charge in [0.25, 0.3) is 7.82 Å². The summed E-state index contributed by atoms with van der Waals surface area (Å²) in [4.78, 5) is 25.6. The Bertz CT molecular complexity index is 1770. The molecule has 0 aliphatic rings. The van der Waals surface area contributed by atoms with E-state index >= 15 is 0 Å². The first-order valence-electron chi connectivity index (χ1n) is 34.4. The van der Waals surface area contributed by atoms with Gasteiger partial charge < -0.3 is 28.8 Å². The van der Waals surface area contributed by atoms with Crippen LogP contribution >= 0.6 is 7.82 Å². The number of unbranched alkanes of at least 4 members (excludes halogenated alkanes) is 31. The lowest BCUT2D eigenvalue weighted by Gasteiger charge is -2.29. The number of rotatable bonds is 62. The quantitative estimate of drug-likeness (QED) is 0.0272. The number of nitrogens with one attached hydrogen (secondary N) is 1. The van der Waals surface area contributed by atoms with Gasteiger partial charge >= 0.3 is 0 Å². The molecule has 8 nitrogen and oxygen atoms in total. The van der Waals surface area contributed by atoms with Crippen molar-refractivity contribution < 1.29 is 32.9 Å². The summed E-state index contributed by atoms with van der Waals surface area (Å²) in [7, 11) is 1.21. The van der Waals surface area contributed by atoms with E-state index in [1.54, 1.807) is 6.08 Å². The van der Waals surface area contributed by atoms with E-state index in [1.165, 1.54) is 167 Å². The van der Waals surface area contributed by atoms with Crippen LogP contribution in [-0.4, -0.2) is 68.5 Å². The highest BCUT2D eigenvalue weighted by Crippen LogP contribution is 2.38. The van der Waals surface area contributed by atoms with Crippen LogP contribution in [0.25, 0.3) is 0 Å². The maximum absolute atomic E-state index is 13.0. The van der Waals surface area contributed by atoms with Crippen LogP contribution in [0.5, 0.6) is 0 Å². The van der Waals surface area contributed by atoms with Crippen LogP contribution in [0.15, 0.2) is 122 Å². The molecule has 0 aromatic carbocycles. The number of aliphatic hydroxyl groups is 1. The van der Waals surface area contributed by atoms with Crippen LogP contribution in [0, 0.1) is 0 Å². The fraction of sp³-hybridized carbons (Fsp3) is 0.716. The number of phosphoric acid groups is 1. The summed E-state index contributed by atoms with van der Waals surface area (Å²) in [5.41, 5.74) is 0. The lowest BCUT2D eigenvalue weighted by Crippen LogP contribution is -2.45. The molecule has 83 heavy (non-hydrogen) atoms. The summed E-state index contributed by atoms with van der Waals surface area (Å²) in [6, 6.07) is -0.929. The second-order valence-electron chi connectivity index (χ2n) is 24.1. The van der Waals surface area contributed by atoms with Gasteiger partial charge in [-0.25, -0.2) is 0 Å². The molecule has 2 N–H and O–H groups in total. The molecule has 9 heteroatoms. The van der Waals surface area contributed by atoms with E-state index in [9.17, 15) is 19.4 Å². The van der Waals surface area contributed by atoms with Gasteiger partial charge in [0.05, 0.1) is 39.9 Å². The summed E-state index contributed by atoms with van der Waals surface area (Å²) in [5.74, 6) is -0.234. The molecule has 0 spiro atoms. The monoisotopic (exact) mass is 1170 g/mol. The zero-order valence-electron chi connectivity index (χ0n) is 54.6. The molecule has 0 saturated heterocycles. The van der Waals surface area contributed by atoms with E-state index in [0.717, 1.165) is 96.3 Å². The molecular weight excluding hydrogens is 1040 g/mol. The molecule has 478 valence electrons. The molecule has 0 aromatic rings. The number of amides is 1. The molecular formula is C74H131N2O6P. The summed E-state index contributed by atoms with van der Waals surface area (Å²) >= 11 is 0. The molecule has 1 amide bonds. The lowest BCUT2D eigenvalue weighted by atomic mass is 10.0. The Morgan fingerprint density at radius 3 is 1.12 bits per heavy atom. The van der Waals surface area contributed by atoms with E-state index in [1.807, 2.05) is 27.2 Å². The Hall–Kier alpha value is -3.10. The summed E-state index contributed by atoms with van der Waals surface area (Å²) in [5, 5.41) is 13.9. The highest BCUT2D eigenvalue weighted by atomic mass is 31.2. The minimum Gasteiger partial charge on any atom is -0.756 e. The van der Waals surface area contributed by atoms with E-state index in [4.69, 9.17) is 9.05 Å². The molecule has 0 heterocycles. The SMILES string of the molecule is CC/C=C\C/C=C\C/C=C\C/C=C\C/C=C\C/C=C\C/C=C\C/C=C\CCCCCCC(=O)NC(COP(=O)([O-])OCC[N+](C)(C)C)C(O)/C=C/CC/C=C/CCCCCCCCCCCCCCCCCCCCCCCCCCCC. The fourth-order valence-corrected chi connectivity index (χ4v) is 10.3. The predicted molar refractivity (Wildman–Crippen MR) is 362 cm³/mol. The van der Waals surface area contributed by atoms with Crippen molar-refractivity contribution in [3.63, 3.8) is 0 Å². The number of carbonyl (C=O) groups is 1. The van der Waals surface area contributed by atoms with Gasteiger partial charge in [0.1, 0.15) is 13.2 Å². The van der Waals surface area contributed by atoms with Crippen LogP contribution < -0.4 is 10.2 Å². The number of likely N-dealkylation sites (N-methyl/N-ethyl adjacent to an activating group) is 1. The van der Waals surface area contributed by atoms with Crippen molar-refractivity contribution in [3.8, 4) is 0 Å². The first-order chi connectivity index (χ1) is 40.5. The maximum Gasteiger partial charge on any atom is 0.268 e. The average molecular weight is 1180 g/mol. The number of carbonyl (C=O) groups excluding carboxylic acids is 1. The van der Waals surface area contributed by atoms with Crippen molar-refractivity contribution in [3.05, 3.63) is 122 Å². The Kier molecular flexibility index (Phi) is 61.0. The van der Waals surface area contributed by atoms with Crippen molar-refractivity contribution in [2.45, 2.75) is 302 Å². The highest BCUT2D eigenvalue weighted by molar-refractivity contribution is 7.45. The van der Waals surface area contributed by atoms with Gasteiger partial charge in [0.2, 0.25) is 5.91 Å². The third kappa shape index (κ3) is 66.3. The van der Waals surface area contributed by atoms with Gasteiger partial charge in [-0.1, -0.05) is 309 Å². The molecule has 0 rings (SSSR count). The Balaban J connectivity index is 4.22. The number of hydrogen-bond acceptors (Lipinski definition) is 6. The second kappa shape index (κ2) is 63.4. The van der Waals surface area contributed by atoms with Gasteiger partial charge in [-0.05, 0) is 96.3 Å². The Labute approximate surface area is 514 Å². The molecule has 0 aliphatic carbocycles. The van der Waals surface area contributed by atoms with Crippen LogP contribution in [-0.2, 0) is 18.4 Å². The molecule has 0 aromatic heterocycles. The topological polar surface area (TPSA) is 108 Å². The van der Waals surface area contributed by atoms with Gasteiger partial charge in [0, 0.05) is 6.42 Å². The van der Waals surface area contributed by atoms with E-state index in [-0.39, 0.29) is 12.5 Å². The van der Waals surface area contributed by atoms with E-state index in [0.29, 0.717) is 23.9 Å². The number of allylic oxidation sites excluding steroid dienone is 19. The lowest BCUT2D eigenvalue weighted by molar-refractivity contribution is -0.870. The summed E-state index contributed by atoms with van der Waals surface area (Å²) in [6.07, 6.45) is 94.7. The standard InChI is InChI=1S/C74H131N2O6P/c1-6-8-10-12-14-16-18-20-22-24-26-28-30-32-34-36-37-38-40-41-43-45-47-49-51-53-55-57-59-61-63-65-67-73(77)72(71-82-83(79,80)81-70-69-76(3,4)5)75-74(78)68-66-64-62-60-58-56-54-52-50-48-46-44-42-39-35-33-31-29-27-25-23-21-19-17-15-13-11-9-7-2/h9,11,15,17,21,23,27,29,33,35,42,44,48,50,54,56-57,59,65,67,72-73,77H,6-8,10,12-14,16,18-20,22,24-26,28,30-32,34,36-41,43,45-47,49,51-53,55,58,60-64,66,68-71H2,1-5H3,(H-,75,78,79,80)/b11-9-,17-15-,23-21-,29-27-,35-33-,44-42-,50-48-,56-54-,59-57+,67-65+. The molecule has 0 radical (unpaired) electrons. The highest BCUT2D eigenvalue weighted by Gasteiger charge is 2.23. The normalized spacial score (nSPS) is 14.4. The summed E-state index contributed by atoms with van der Waals surface area (Å²) < 4.78 is 23.4. The number of aliphatic hydroxyl groups excluding tert-OH is 1. The zero-order valence-corrected chi connectivity index (χ0v) is 55.5. The largest absolute Gasteiger partial charge is 0.756 e. The smallest absolute Gasteiger partial charge is 0.268 e. The van der Waals surface area contributed by atoms with E-state index in [2.05, 4.69) is 129 Å².